The molecule has 1 saturated carbocycles. The maximum atomic E-state index is 12.0. The SMILES string of the molecule is CCCCOc1ccc(C(=O)NCC2(CN)CC2)cc1. The Labute approximate surface area is 120 Å². The first-order chi connectivity index (χ1) is 9.69. The average molecular weight is 276 g/mol. The zero-order chi connectivity index (χ0) is 14.4. The summed E-state index contributed by atoms with van der Waals surface area (Å²) < 4.78 is 5.57. The van der Waals surface area contributed by atoms with E-state index >= 15 is 0 Å². The monoisotopic (exact) mass is 276 g/mol. The van der Waals surface area contributed by atoms with Gasteiger partial charge in [-0.3, -0.25) is 4.79 Å². The summed E-state index contributed by atoms with van der Waals surface area (Å²) in [6.07, 6.45) is 4.40. The molecule has 0 atom stereocenters. The number of benzene rings is 1. The standard InChI is InChI=1S/C16H24N2O2/c1-2-3-10-20-14-6-4-13(5-7-14)15(19)18-12-16(11-17)8-9-16/h4-7H,2-3,8-12,17H2,1H3,(H,18,19). The molecule has 0 saturated heterocycles. The van der Waals surface area contributed by atoms with Gasteiger partial charge in [0.25, 0.3) is 5.91 Å². The Morgan fingerprint density at radius 2 is 2.05 bits per heavy atom. The van der Waals surface area contributed by atoms with Gasteiger partial charge in [-0.15, -0.1) is 0 Å². The summed E-state index contributed by atoms with van der Waals surface area (Å²) in [6, 6.07) is 7.30. The van der Waals surface area contributed by atoms with Gasteiger partial charge >= 0.3 is 0 Å². The smallest absolute Gasteiger partial charge is 0.251 e. The van der Waals surface area contributed by atoms with Gasteiger partial charge in [-0.2, -0.15) is 0 Å². The lowest BCUT2D eigenvalue weighted by atomic mass is 10.1. The Balaban J connectivity index is 1.81. The van der Waals surface area contributed by atoms with E-state index in [-0.39, 0.29) is 11.3 Å². The fourth-order valence-electron chi connectivity index (χ4n) is 2.04. The highest BCUT2D eigenvalue weighted by molar-refractivity contribution is 5.94. The van der Waals surface area contributed by atoms with Crippen molar-refractivity contribution in [3.8, 4) is 5.75 Å². The van der Waals surface area contributed by atoms with Gasteiger partial charge in [0.2, 0.25) is 0 Å². The number of nitrogens with two attached hydrogens (primary N) is 1. The second-order valence-corrected chi connectivity index (χ2v) is 5.61. The molecule has 1 aliphatic carbocycles. The van der Waals surface area contributed by atoms with E-state index in [9.17, 15) is 4.79 Å². The summed E-state index contributed by atoms with van der Waals surface area (Å²) in [7, 11) is 0. The summed E-state index contributed by atoms with van der Waals surface area (Å²) in [5.41, 5.74) is 6.54. The van der Waals surface area contributed by atoms with E-state index in [1.54, 1.807) is 12.1 Å². The van der Waals surface area contributed by atoms with E-state index in [4.69, 9.17) is 10.5 Å². The summed E-state index contributed by atoms with van der Waals surface area (Å²) in [5.74, 6) is 0.778. The first-order valence-corrected chi connectivity index (χ1v) is 7.40. The molecule has 0 aromatic heterocycles. The summed E-state index contributed by atoms with van der Waals surface area (Å²) in [4.78, 5) is 12.0. The first-order valence-electron chi connectivity index (χ1n) is 7.40. The fraction of sp³-hybridized carbons (Fsp3) is 0.562. The third-order valence-electron chi connectivity index (χ3n) is 3.90. The molecule has 0 unspecified atom stereocenters. The molecule has 4 heteroatoms. The minimum atomic E-state index is -0.0372. The fourth-order valence-corrected chi connectivity index (χ4v) is 2.04. The largest absolute Gasteiger partial charge is 0.494 e. The Morgan fingerprint density at radius 1 is 1.35 bits per heavy atom. The minimum absolute atomic E-state index is 0.0372. The van der Waals surface area contributed by atoms with Crippen molar-refractivity contribution in [2.75, 3.05) is 19.7 Å². The van der Waals surface area contributed by atoms with Crippen LogP contribution in [0.2, 0.25) is 0 Å². The number of hydrogen-bond acceptors (Lipinski definition) is 3. The van der Waals surface area contributed by atoms with E-state index in [0.29, 0.717) is 18.7 Å². The molecule has 0 heterocycles. The lowest BCUT2D eigenvalue weighted by molar-refractivity contribution is 0.0945. The number of unbranched alkanes of at least 4 members (excludes halogenated alkanes) is 1. The van der Waals surface area contributed by atoms with Crippen LogP contribution in [-0.4, -0.2) is 25.6 Å². The van der Waals surface area contributed by atoms with E-state index in [2.05, 4.69) is 12.2 Å². The van der Waals surface area contributed by atoms with Crippen molar-refractivity contribution in [1.29, 1.82) is 0 Å². The van der Waals surface area contributed by atoms with Crippen molar-refractivity contribution in [3.63, 3.8) is 0 Å². The summed E-state index contributed by atoms with van der Waals surface area (Å²) in [5, 5.41) is 2.96. The molecule has 1 aromatic rings. The molecule has 3 N–H and O–H groups in total. The van der Waals surface area contributed by atoms with Crippen LogP contribution in [0.5, 0.6) is 5.75 Å². The first kappa shape index (κ1) is 14.9. The highest BCUT2D eigenvalue weighted by Crippen LogP contribution is 2.43. The van der Waals surface area contributed by atoms with Gasteiger partial charge in [-0.05, 0) is 50.1 Å². The van der Waals surface area contributed by atoms with Crippen LogP contribution in [0.4, 0.5) is 0 Å². The van der Waals surface area contributed by atoms with Crippen LogP contribution >= 0.6 is 0 Å². The summed E-state index contributed by atoms with van der Waals surface area (Å²) >= 11 is 0. The minimum Gasteiger partial charge on any atom is -0.494 e. The van der Waals surface area contributed by atoms with Crippen molar-refractivity contribution >= 4 is 5.91 Å². The van der Waals surface area contributed by atoms with Crippen LogP contribution in [0, 0.1) is 5.41 Å². The molecular formula is C16H24N2O2. The van der Waals surface area contributed by atoms with Crippen molar-refractivity contribution in [2.45, 2.75) is 32.6 Å². The highest BCUT2D eigenvalue weighted by Gasteiger charge is 2.41. The molecule has 4 nitrogen and oxygen atoms in total. The van der Waals surface area contributed by atoms with Crippen molar-refractivity contribution in [2.24, 2.45) is 11.1 Å². The Bertz CT molecular complexity index is 438. The predicted molar refractivity (Wildman–Crippen MR) is 79.9 cm³/mol. The predicted octanol–water partition coefficient (Wildman–Crippen LogP) is 2.33. The molecule has 0 aliphatic heterocycles. The van der Waals surface area contributed by atoms with Gasteiger partial charge in [0.15, 0.2) is 0 Å². The van der Waals surface area contributed by atoms with Gasteiger partial charge in [0.1, 0.15) is 5.75 Å². The Hall–Kier alpha value is -1.55. The number of amides is 1. The highest BCUT2D eigenvalue weighted by atomic mass is 16.5. The van der Waals surface area contributed by atoms with Crippen molar-refractivity contribution in [1.82, 2.24) is 5.32 Å². The zero-order valence-corrected chi connectivity index (χ0v) is 12.2. The van der Waals surface area contributed by atoms with Crippen molar-refractivity contribution in [3.05, 3.63) is 29.8 Å². The third kappa shape index (κ3) is 3.97. The van der Waals surface area contributed by atoms with Gasteiger partial charge in [-0.25, -0.2) is 0 Å². The van der Waals surface area contributed by atoms with Crippen LogP contribution < -0.4 is 15.8 Å². The molecule has 20 heavy (non-hydrogen) atoms. The van der Waals surface area contributed by atoms with E-state index in [1.165, 1.54) is 0 Å². The lowest BCUT2D eigenvalue weighted by Crippen LogP contribution is -2.33. The Morgan fingerprint density at radius 3 is 2.60 bits per heavy atom. The second kappa shape index (κ2) is 6.75. The van der Waals surface area contributed by atoms with Crippen LogP contribution in [0.3, 0.4) is 0 Å². The van der Waals surface area contributed by atoms with Crippen LogP contribution in [0.25, 0.3) is 0 Å². The van der Waals surface area contributed by atoms with Crippen LogP contribution in [0.1, 0.15) is 43.0 Å². The Kier molecular flexibility index (Phi) is 5.01. The van der Waals surface area contributed by atoms with Gasteiger partial charge in [-0.1, -0.05) is 13.3 Å². The number of rotatable bonds is 8. The quantitative estimate of drug-likeness (QED) is 0.716. The number of ether oxygens (including phenoxy) is 1. The molecule has 1 aliphatic rings. The maximum Gasteiger partial charge on any atom is 0.251 e. The number of nitrogens with one attached hydrogen (secondary N) is 1. The second-order valence-electron chi connectivity index (χ2n) is 5.61. The zero-order valence-electron chi connectivity index (χ0n) is 12.2. The van der Waals surface area contributed by atoms with Crippen molar-refractivity contribution < 1.29 is 9.53 Å². The number of hydrogen-bond donors (Lipinski definition) is 2. The molecular weight excluding hydrogens is 252 g/mol. The molecule has 1 fully saturated rings. The van der Waals surface area contributed by atoms with Gasteiger partial charge < -0.3 is 15.8 Å². The molecule has 0 radical (unpaired) electrons. The topological polar surface area (TPSA) is 64.3 Å². The van der Waals surface area contributed by atoms with Gasteiger partial charge in [0, 0.05) is 17.5 Å². The van der Waals surface area contributed by atoms with E-state index in [1.807, 2.05) is 12.1 Å². The number of carbonyl (C=O) groups excluding carboxylic acids is 1. The lowest BCUT2D eigenvalue weighted by Gasteiger charge is -2.13. The van der Waals surface area contributed by atoms with Gasteiger partial charge in [0.05, 0.1) is 6.61 Å². The molecule has 0 spiro atoms. The molecule has 2 rings (SSSR count). The molecule has 1 amide bonds. The normalized spacial score (nSPS) is 15.7. The van der Waals surface area contributed by atoms with Crippen LogP contribution in [0.15, 0.2) is 24.3 Å². The summed E-state index contributed by atoms with van der Waals surface area (Å²) in [6.45, 7) is 4.18. The molecule has 0 bridgehead atoms. The van der Waals surface area contributed by atoms with E-state index in [0.717, 1.165) is 38.0 Å². The average Bonchev–Trinajstić information content (AvgIpc) is 3.26. The third-order valence-corrected chi connectivity index (χ3v) is 3.90. The van der Waals surface area contributed by atoms with E-state index < -0.39 is 0 Å². The number of carbonyl (C=O) groups is 1. The molecule has 110 valence electrons. The van der Waals surface area contributed by atoms with Crippen LogP contribution in [-0.2, 0) is 0 Å². The maximum absolute atomic E-state index is 12.0. The molecule has 1 aromatic carbocycles.